The molecule has 0 saturated heterocycles. The average Bonchev–Trinajstić information content (AvgIpc) is 2.92. The number of nitrogen functional groups attached to an aromatic ring is 1. The highest BCUT2D eigenvalue weighted by Gasteiger charge is 2.16. The third kappa shape index (κ3) is 2.10. The molecule has 2 aromatic heterocycles. The number of aromatic nitrogens is 1. The van der Waals surface area contributed by atoms with Crippen molar-refractivity contribution in [3.8, 4) is 11.3 Å². The zero-order chi connectivity index (χ0) is 15.1. The van der Waals surface area contributed by atoms with Gasteiger partial charge in [0.15, 0.2) is 0 Å². The van der Waals surface area contributed by atoms with Crippen LogP contribution in [-0.2, 0) is 0 Å². The average molecular weight is 283 g/mol. The van der Waals surface area contributed by atoms with Gasteiger partial charge in [0.2, 0.25) is 0 Å². The summed E-state index contributed by atoms with van der Waals surface area (Å²) >= 11 is 0. The summed E-state index contributed by atoms with van der Waals surface area (Å²) in [6.45, 7) is 3.77. The maximum absolute atomic E-state index is 10.8. The lowest BCUT2D eigenvalue weighted by atomic mass is 10.0. The van der Waals surface area contributed by atoms with E-state index >= 15 is 0 Å². The lowest BCUT2D eigenvalue weighted by Crippen LogP contribution is -1.95. The number of aryl methyl sites for hydroxylation is 2. The molecule has 6 heteroatoms. The molecule has 1 aromatic carbocycles. The van der Waals surface area contributed by atoms with Crippen molar-refractivity contribution in [2.45, 2.75) is 13.8 Å². The molecular weight excluding hydrogens is 270 g/mol. The number of nitrogens with zero attached hydrogens (tertiary/aromatic N) is 2. The van der Waals surface area contributed by atoms with Crippen LogP contribution in [0.1, 0.15) is 11.3 Å². The molecule has 0 unspecified atom stereocenters. The van der Waals surface area contributed by atoms with E-state index in [1.54, 1.807) is 12.1 Å². The van der Waals surface area contributed by atoms with E-state index in [0.717, 1.165) is 27.7 Å². The number of rotatable bonds is 2. The maximum atomic E-state index is 10.8. The zero-order valence-corrected chi connectivity index (χ0v) is 11.6. The lowest BCUT2D eigenvalue weighted by Gasteiger charge is -2.09. The van der Waals surface area contributed by atoms with E-state index in [1.807, 2.05) is 26.0 Å². The van der Waals surface area contributed by atoms with Gasteiger partial charge in [0.25, 0.3) is 0 Å². The molecule has 106 valence electrons. The third-order valence-corrected chi connectivity index (χ3v) is 3.44. The molecule has 0 amide bonds. The largest absolute Gasteiger partial charge is 0.433 e. The summed E-state index contributed by atoms with van der Waals surface area (Å²) in [7, 11) is 0. The molecule has 0 fully saturated rings. The Kier molecular flexibility index (Phi) is 2.86. The monoisotopic (exact) mass is 283 g/mol. The van der Waals surface area contributed by atoms with Crippen LogP contribution in [0.25, 0.3) is 22.2 Å². The first-order valence-electron chi connectivity index (χ1n) is 6.38. The Hall–Kier alpha value is -2.89. The Morgan fingerprint density at radius 3 is 2.67 bits per heavy atom. The van der Waals surface area contributed by atoms with E-state index in [-0.39, 0.29) is 5.88 Å². The lowest BCUT2D eigenvalue weighted by molar-refractivity contribution is -0.401. The number of hydrogen-bond acceptors (Lipinski definition) is 5. The van der Waals surface area contributed by atoms with Crippen LogP contribution in [-0.4, -0.2) is 9.91 Å². The van der Waals surface area contributed by atoms with Crippen LogP contribution in [0.2, 0.25) is 0 Å². The molecule has 0 aliphatic heterocycles. The van der Waals surface area contributed by atoms with Gasteiger partial charge in [-0.3, -0.25) is 15.1 Å². The van der Waals surface area contributed by atoms with Crippen LogP contribution >= 0.6 is 0 Å². The number of nitrogens with two attached hydrogens (primary N) is 1. The minimum atomic E-state index is -0.553. The van der Waals surface area contributed by atoms with E-state index < -0.39 is 4.92 Å². The van der Waals surface area contributed by atoms with Gasteiger partial charge in [-0.2, -0.15) is 0 Å². The van der Waals surface area contributed by atoms with Crippen molar-refractivity contribution in [1.82, 2.24) is 4.98 Å². The number of benzene rings is 1. The Bertz CT molecular complexity index is 868. The SMILES string of the molecule is Cc1cc(-c2ccc([N+](=O)[O-])o2)c2ccc(N)c(C)c2n1. The van der Waals surface area contributed by atoms with Crippen molar-refractivity contribution >= 4 is 22.5 Å². The fourth-order valence-electron chi connectivity index (χ4n) is 2.35. The standard InChI is InChI=1S/C15H13N3O3/c1-8-7-11(13-5-6-14(21-13)18(19)20)10-3-4-12(16)9(2)15(10)17-8/h3-7H,16H2,1-2H3. The Morgan fingerprint density at radius 2 is 2.00 bits per heavy atom. The van der Waals surface area contributed by atoms with Gasteiger partial charge in [-0.1, -0.05) is 6.07 Å². The Balaban J connectivity index is 2.31. The highest BCUT2D eigenvalue weighted by molar-refractivity contribution is 5.97. The van der Waals surface area contributed by atoms with Gasteiger partial charge >= 0.3 is 5.88 Å². The van der Waals surface area contributed by atoms with Gasteiger partial charge in [0.05, 0.1) is 11.6 Å². The van der Waals surface area contributed by atoms with Gasteiger partial charge in [0, 0.05) is 22.3 Å². The van der Waals surface area contributed by atoms with Crippen molar-refractivity contribution in [2.75, 3.05) is 5.73 Å². The van der Waals surface area contributed by atoms with Crippen molar-refractivity contribution < 1.29 is 9.34 Å². The molecule has 0 aliphatic rings. The second-order valence-corrected chi connectivity index (χ2v) is 4.88. The molecule has 0 radical (unpaired) electrons. The summed E-state index contributed by atoms with van der Waals surface area (Å²) in [5, 5.41) is 11.6. The molecule has 0 spiro atoms. The van der Waals surface area contributed by atoms with Gasteiger partial charge in [-0.25, -0.2) is 0 Å². The van der Waals surface area contributed by atoms with Gasteiger partial charge in [-0.15, -0.1) is 0 Å². The van der Waals surface area contributed by atoms with E-state index in [2.05, 4.69) is 4.98 Å². The first-order valence-corrected chi connectivity index (χ1v) is 6.38. The predicted octanol–water partition coefficient (Wildman–Crippen LogP) is 3.60. The molecule has 0 saturated carbocycles. The molecule has 2 heterocycles. The molecule has 2 N–H and O–H groups in total. The van der Waals surface area contributed by atoms with Crippen molar-refractivity contribution in [1.29, 1.82) is 0 Å². The number of anilines is 1. The first kappa shape index (κ1) is 13.1. The zero-order valence-electron chi connectivity index (χ0n) is 11.6. The predicted molar refractivity (Wildman–Crippen MR) is 80.0 cm³/mol. The number of hydrogen-bond donors (Lipinski definition) is 1. The van der Waals surface area contributed by atoms with Gasteiger partial charge in [-0.05, 0) is 37.6 Å². The second kappa shape index (κ2) is 4.59. The second-order valence-electron chi connectivity index (χ2n) is 4.88. The quantitative estimate of drug-likeness (QED) is 0.440. The summed E-state index contributed by atoms with van der Waals surface area (Å²) < 4.78 is 5.31. The van der Waals surface area contributed by atoms with Crippen LogP contribution in [0, 0.1) is 24.0 Å². The summed E-state index contributed by atoms with van der Waals surface area (Å²) in [5.74, 6) is 0.168. The molecule has 6 nitrogen and oxygen atoms in total. The summed E-state index contributed by atoms with van der Waals surface area (Å²) in [6, 6.07) is 8.45. The minimum Gasteiger partial charge on any atom is -0.401 e. The Labute approximate surface area is 120 Å². The van der Waals surface area contributed by atoms with E-state index in [0.29, 0.717) is 11.4 Å². The van der Waals surface area contributed by atoms with Crippen LogP contribution in [0.4, 0.5) is 11.6 Å². The molecule has 3 rings (SSSR count). The summed E-state index contributed by atoms with van der Waals surface area (Å²) in [5.41, 5.74) is 9.82. The van der Waals surface area contributed by atoms with E-state index in [9.17, 15) is 10.1 Å². The van der Waals surface area contributed by atoms with E-state index in [1.165, 1.54) is 6.07 Å². The number of pyridine rings is 1. The normalized spacial score (nSPS) is 11.0. The van der Waals surface area contributed by atoms with Gasteiger partial charge < -0.3 is 10.2 Å². The topological polar surface area (TPSA) is 95.2 Å². The minimum absolute atomic E-state index is 0.278. The van der Waals surface area contributed by atoms with Crippen LogP contribution < -0.4 is 5.73 Å². The summed E-state index contributed by atoms with van der Waals surface area (Å²) in [6.07, 6.45) is 0. The van der Waals surface area contributed by atoms with Crippen molar-refractivity contribution in [3.05, 3.63) is 51.7 Å². The summed E-state index contributed by atoms with van der Waals surface area (Å²) in [4.78, 5) is 14.7. The van der Waals surface area contributed by atoms with E-state index in [4.69, 9.17) is 10.2 Å². The highest BCUT2D eigenvalue weighted by atomic mass is 16.6. The van der Waals surface area contributed by atoms with Crippen molar-refractivity contribution in [2.24, 2.45) is 0 Å². The molecule has 0 bridgehead atoms. The molecule has 21 heavy (non-hydrogen) atoms. The van der Waals surface area contributed by atoms with Crippen molar-refractivity contribution in [3.63, 3.8) is 0 Å². The van der Waals surface area contributed by atoms with Crippen LogP contribution in [0.5, 0.6) is 0 Å². The molecular formula is C15H13N3O3. The maximum Gasteiger partial charge on any atom is 0.433 e. The Morgan fingerprint density at radius 1 is 1.24 bits per heavy atom. The smallest absolute Gasteiger partial charge is 0.401 e. The van der Waals surface area contributed by atoms with Crippen LogP contribution in [0.15, 0.2) is 34.7 Å². The molecule has 0 atom stereocenters. The fourth-order valence-corrected chi connectivity index (χ4v) is 2.35. The number of furan rings is 1. The van der Waals surface area contributed by atoms with Gasteiger partial charge in [0.1, 0.15) is 10.7 Å². The molecule has 0 aliphatic carbocycles. The highest BCUT2D eigenvalue weighted by Crippen LogP contribution is 2.34. The fraction of sp³-hybridized carbons (Fsp3) is 0.133. The number of fused-ring (bicyclic) bond motifs is 1. The molecule has 3 aromatic rings. The first-order chi connectivity index (χ1) is 9.97. The number of nitro groups is 1. The third-order valence-electron chi connectivity index (χ3n) is 3.44. The van der Waals surface area contributed by atoms with Crippen LogP contribution in [0.3, 0.4) is 0 Å².